The highest BCUT2D eigenvalue weighted by atomic mass is 16.6. The maximum atomic E-state index is 11.6. The van der Waals surface area contributed by atoms with Gasteiger partial charge in [0, 0.05) is 19.1 Å². The Labute approximate surface area is 113 Å². The highest BCUT2D eigenvalue weighted by molar-refractivity contribution is 5.80. The molecule has 7 heteroatoms. The number of nitrogens with one attached hydrogen (secondary N) is 2. The van der Waals surface area contributed by atoms with Gasteiger partial charge >= 0.3 is 6.09 Å². The highest BCUT2D eigenvalue weighted by Crippen LogP contribution is 2.19. The number of aliphatic imine (C=N–C) groups is 1. The van der Waals surface area contributed by atoms with Gasteiger partial charge < -0.3 is 15.0 Å². The molecule has 2 fully saturated rings. The van der Waals surface area contributed by atoms with Crippen LogP contribution in [0.1, 0.15) is 32.6 Å². The Bertz CT molecular complexity index is 335. The Balaban J connectivity index is 1.78. The zero-order valence-electron chi connectivity index (χ0n) is 11.4. The standard InChI is InChI=1S/C12H23N5O2/c1-2-19-12(18)17-7-5-10(6-8-17)15-11(16-13)14-9-3-4-9/h9-10H,2-8,13H2,1H3,(H2,14,15,16). The van der Waals surface area contributed by atoms with Crippen molar-refractivity contribution in [3.05, 3.63) is 0 Å². The van der Waals surface area contributed by atoms with Crippen molar-refractivity contribution in [2.24, 2.45) is 10.8 Å². The SMILES string of the molecule is CCOC(=O)N1CCC(N=C(NN)NC2CC2)CC1. The van der Waals surface area contributed by atoms with Crippen LogP contribution in [-0.4, -0.2) is 48.7 Å². The van der Waals surface area contributed by atoms with Gasteiger partial charge in [-0.1, -0.05) is 0 Å². The maximum absolute atomic E-state index is 11.6. The first kappa shape index (κ1) is 13.9. The molecule has 1 saturated heterocycles. The molecule has 0 aromatic rings. The molecule has 0 aromatic carbocycles. The van der Waals surface area contributed by atoms with E-state index in [1.165, 1.54) is 12.8 Å². The van der Waals surface area contributed by atoms with Crippen molar-refractivity contribution < 1.29 is 9.53 Å². The Kier molecular flexibility index (Phi) is 4.84. The number of amides is 1. The monoisotopic (exact) mass is 269 g/mol. The molecule has 4 N–H and O–H groups in total. The zero-order chi connectivity index (χ0) is 13.7. The van der Waals surface area contributed by atoms with Gasteiger partial charge in [0.15, 0.2) is 0 Å². The Morgan fingerprint density at radius 1 is 1.37 bits per heavy atom. The average molecular weight is 269 g/mol. The van der Waals surface area contributed by atoms with Crippen LogP contribution in [-0.2, 0) is 4.74 Å². The summed E-state index contributed by atoms with van der Waals surface area (Å²) in [6.45, 7) is 3.61. The lowest BCUT2D eigenvalue weighted by Gasteiger charge is -2.29. The number of hydrogen-bond acceptors (Lipinski definition) is 4. The number of hydrogen-bond donors (Lipinski definition) is 3. The van der Waals surface area contributed by atoms with Crippen LogP contribution < -0.4 is 16.6 Å². The summed E-state index contributed by atoms with van der Waals surface area (Å²) in [5.41, 5.74) is 2.61. The molecular formula is C12H23N5O2. The van der Waals surface area contributed by atoms with Gasteiger partial charge in [0.05, 0.1) is 12.6 Å². The summed E-state index contributed by atoms with van der Waals surface area (Å²) in [5.74, 6) is 6.12. The number of hydrazine groups is 1. The third-order valence-electron chi connectivity index (χ3n) is 3.36. The summed E-state index contributed by atoms with van der Waals surface area (Å²) in [7, 11) is 0. The lowest BCUT2D eigenvalue weighted by Crippen LogP contribution is -2.45. The van der Waals surface area contributed by atoms with Crippen LogP contribution in [0, 0.1) is 0 Å². The molecule has 1 amide bonds. The second-order valence-electron chi connectivity index (χ2n) is 4.96. The van der Waals surface area contributed by atoms with Crippen LogP contribution in [0.2, 0.25) is 0 Å². The average Bonchev–Trinajstić information content (AvgIpc) is 3.23. The quantitative estimate of drug-likeness (QED) is 0.294. The van der Waals surface area contributed by atoms with Crippen LogP contribution in [0.25, 0.3) is 0 Å². The fourth-order valence-electron chi connectivity index (χ4n) is 2.11. The fourth-order valence-corrected chi connectivity index (χ4v) is 2.11. The highest BCUT2D eigenvalue weighted by Gasteiger charge is 2.25. The van der Waals surface area contributed by atoms with Gasteiger partial charge in [-0.05, 0) is 32.6 Å². The fraction of sp³-hybridized carbons (Fsp3) is 0.833. The number of guanidine groups is 1. The molecule has 0 spiro atoms. The summed E-state index contributed by atoms with van der Waals surface area (Å²) in [5, 5.41) is 3.25. The topological polar surface area (TPSA) is 92.0 Å². The van der Waals surface area contributed by atoms with Gasteiger partial charge in [-0.25, -0.2) is 15.6 Å². The molecule has 1 aliphatic heterocycles. The second kappa shape index (κ2) is 6.60. The molecular weight excluding hydrogens is 246 g/mol. The smallest absolute Gasteiger partial charge is 0.409 e. The van der Waals surface area contributed by atoms with Crippen LogP contribution in [0.3, 0.4) is 0 Å². The second-order valence-corrected chi connectivity index (χ2v) is 4.96. The number of likely N-dealkylation sites (tertiary alicyclic amines) is 1. The Hall–Kier alpha value is -1.50. The summed E-state index contributed by atoms with van der Waals surface area (Å²) in [4.78, 5) is 17.9. The first-order valence-electron chi connectivity index (χ1n) is 6.95. The molecule has 7 nitrogen and oxygen atoms in total. The molecule has 1 heterocycles. The van der Waals surface area contributed by atoms with Crippen molar-refractivity contribution in [2.75, 3.05) is 19.7 Å². The minimum Gasteiger partial charge on any atom is -0.450 e. The number of nitrogens with zero attached hydrogens (tertiary/aromatic N) is 2. The molecule has 0 aromatic heterocycles. The first-order chi connectivity index (χ1) is 9.22. The maximum Gasteiger partial charge on any atom is 0.409 e. The largest absolute Gasteiger partial charge is 0.450 e. The molecule has 0 unspecified atom stereocenters. The van der Waals surface area contributed by atoms with Crippen molar-refractivity contribution in [3.63, 3.8) is 0 Å². The van der Waals surface area contributed by atoms with Gasteiger partial charge in [-0.3, -0.25) is 5.43 Å². The minimum atomic E-state index is -0.224. The minimum absolute atomic E-state index is 0.211. The summed E-state index contributed by atoms with van der Waals surface area (Å²) in [6.07, 6.45) is 3.83. The molecule has 0 radical (unpaired) electrons. The van der Waals surface area contributed by atoms with Crippen molar-refractivity contribution in [3.8, 4) is 0 Å². The summed E-state index contributed by atoms with van der Waals surface area (Å²) in [6, 6.07) is 0.734. The number of carbonyl (C=O) groups is 1. The molecule has 0 atom stereocenters. The van der Waals surface area contributed by atoms with Crippen LogP contribution in [0.4, 0.5) is 4.79 Å². The molecule has 0 bridgehead atoms. The molecule has 19 heavy (non-hydrogen) atoms. The number of nitrogens with two attached hydrogens (primary N) is 1. The van der Waals surface area contributed by atoms with Gasteiger partial charge in [0.1, 0.15) is 0 Å². The number of carbonyl (C=O) groups excluding carboxylic acids is 1. The lowest BCUT2D eigenvalue weighted by molar-refractivity contribution is 0.0975. The molecule has 108 valence electrons. The predicted molar refractivity (Wildman–Crippen MR) is 72.5 cm³/mol. The van der Waals surface area contributed by atoms with Crippen molar-refractivity contribution in [2.45, 2.75) is 44.7 Å². The van der Waals surface area contributed by atoms with E-state index in [2.05, 4.69) is 15.7 Å². The summed E-state index contributed by atoms with van der Waals surface area (Å²) >= 11 is 0. The normalized spacial score (nSPS) is 21.2. The zero-order valence-corrected chi connectivity index (χ0v) is 11.4. The van der Waals surface area contributed by atoms with Gasteiger partial charge in [0.2, 0.25) is 5.96 Å². The van der Waals surface area contributed by atoms with Crippen molar-refractivity contribution >= 4 is 12.1 Å². The molecule has 2 rings (SSSR count). The van der Waals surface area contributed by atoms with Crippen molar-refractivity contribution in [1.82, 2.24) is 15.6 Å². The van der Waals surface area contributed by atoms with Crippen LogP contribution >= 0.6 is 0 Å². The molecule has 1 saturated carbocycles. The third kappa shape index (κ3) is 4.27. The van der Waals surface area contributed by atoms with Crippen LogP contribution in [0.15, 0.2) is 4.99 Å². The van der Waals surface area contributed by atoms with Gasteiger partial charge in [-0.2, -0.15) is 0 Å². The predicted octanol–water partition coefficient (Wildman–Crippen LogP) is 0.179. The van der Waals surface area contributed by atoms with E-state index >= 15 is 0 Å². The number of piperidine rings is 1. The Morgan fingerprint density at radius 3 is 2.58 bits per heavy atom. The van der Waals surface area contributed by atoms with E-state index in [-0.39, 0.29) is 12.1 Å². The lowest BCUT2D eigenvalue weighted by atomic mass is 10.1. The third-order valence-corrected chi connectivity index (χ3v) is 3.36. The van der Waals surface area contributed by atoms with Crippen LogP contribution in [0.5, 0.6) is 0 Å². The van der Waals surface area contributed by atoms with Crippen molar-refractivity contribution in [1.29, 1.82) is 0 Å². The van der Waals surface area contributed by atoms with Gasteiger partial charge in [-0.15, -0.1) is 0 Å². The molecule has 2 aliphatic rings. The summed E-state index contributed by atoms with van der Waals surface area (Å²) < 4.78 is 4.99. The van der Waals surface area contributed by atoms with E-state index in [1.54, 1.807) is 4.90 Å². The molecule has 1 aliphatic carbocycles. The first-order valence-corrected chi connectivity index (χ1v) is 6.95. The van der Waals surface area contributed by atoms with E-state index in [0.29, 0.717) is 31.7 Å². The van der Waals surface area contributed by atoms with E-state index in [0.717, 1.165) is 12.8 Å². The number of ether oxygens (including phenoxy) is 1. The van der Waals surface area contributed by atoms with E-state index in [9.17, 15) is 4.79 Å². The van der Waals surface area contributed by atoms with E-state index < -0.39 is 0 Å². The van der Waals surface area contributed by atoms with E-state index in [4.69, 9.17) is 10.6 Å². The number of rotatable bonds is 3. The van der Waals surface area contributed by atoms with E-state index in [1.807, 2.05) is 6.92 Å². The van der Waals surface area contributed by atoms with Gasteiger partial charge in [0.25, 0.3) is 0 Å². The Morgan fingerprint density at radius 2 is 2.05 bits per heavy atom.